The molecule has 0 aromatic carbocycles. The summed E-state index contributed by atoms with van der Waals surface area (Å²) in [6.45, 7) is 6.56. The minimum atomic E-state index is -0.0102. The van der Waals surface area contributed by atoms with E-state index in [-0.39, 0.29) is 17.3 Å². The molecule has 2 N–H and O–H groups in total. The molecule has 0 radical (unpaired) electrons. The summed E-state index contributed by atoms with van der Waals surface area (Å²) >= 11 is 1.60. The fourth-order valence-electron chi connectivity index (χ4n) is 0.528. The van der Waals surface area contributed by atoms with Gasteiger partial charge in [-0.25, -0.2) is 0 Å². The van der Waals surface area contributed by atoms with Gasteiger partial charge in [0.15, 0.2) is 0 Å². The van der Waals surface area contributed by atoms with E-state index >= 15 is 0 Å². The molecule has 0 spiro atoms. The van der Waals surface area contributed by atoms with Crippen molar-refractivity contribution in [3.8, 4) is 0 Å². The maximum atomic E-state index is 11.0. The molecule has 0 atom stereocenters. The number of amides is 1. The van der Waals surface area contributed by atoms with Gasteiger partial charge in [0.2, 0.25) is 5.91 Å². The van der Waals surface area contributed by atoms with Gasteiger partial charge in [-0.15, -0.1) is 11.8 Å². The second-order valence-electron chi connectivity index (χ2n) is 3.47. The summed E-state index contributed by atoms with van der Waals surface area (Å²) in [6.07, 6.45) is 0. The van der Waals surface area contributed by atoms with Gasteiger partial charge in [0.1, 0.15) is 0 Å². The van der Waals surface area contributed by atoms with E-state index < -0.39 is 0 Å². The predicted octanol–water partition coefficient (Wildman–Crippen LogP) is 0.627. The van der Waals surface area contributed by atoms with Gasteiger partial charge < -0.3 is 10.4 Å². The van der Waals surface area contributed by atoms with Crippen molar-refractivity contribution < 1.29 is 9.90 Å². The van der Waals surface area contributed by atoms with Crippen molar-refractivity contribution in [3.63, 3.8) is 0 Å². The number of carbonyl (C=O) groups is 1. The Bertz CT molecular complexity index is 142. The lowest BCUT2D eigenvalue weighted by Gasteiger charge is -2.16. The predicted molar refractivity (Wildman–Crippen MR) is 52.3 cm³/mol. The molecule has 0 unspecified atom stereocenters. The van der Waals surface area contributed by atoms with E-state index in [2.05, 4.69) is 26.1 Å². The van der Waals surface area contributed by atoms with Gasteiger partial charge in [-0.1, -0.05) is 20.8 Å². The Balaban J connectivity index is 3.44. The molecule has 0 heterocycles. The lowest BCUT2D eigenvalue weighted by molar-refractivity contribution is -0.118. The first-order valence-electron chi connectivity index (χ1n) is 3.97. The molecular weight excluding hydrogens is 174 g/mol. The van der Waals surface area contributed by atoms with E-state index in [1.807, 2.05) is 0 Å². The van der Waals surface area contributed by atoms with Gasteiger partial charge >= 0.3 is 0 Å². The highest BCUT2D eigenvalue weighted by Gasteiger charge is 2.12. The van der Waals surface area contributed by atoms with E-state index in [4.69, 9.17) is 5.11 Å². The zero-order valence-corrected chi connectivity index (χ0v) is 8.70. The van der Waals surface area contributed by atoms with Crippen LogP contribution in [0, 0.1) is 0 Å². The molecule has 1 amide bonds. The van der Waals surface area contributed by atoms with Crippen molar-refractivity contribution in [2.75, 3.05) is 18.9 Å². The Morgan fingerprint density at radius 1 is 1.50 bits per heavy atom. The Hall–Kier alpha value is -0.220. The van der Waals surface area contributed by atoms with Crippen LogP contribution in [0.5, 0.6) is 0 Å². The van der Waals surface area contributed by atoms with E-state index in [1.54, 1.807) is 11.8 Å². The lowest BCUT2D eigenvalue weighted by atomic mass is 10.3. The van der Waals surface area contributed by atoms with Crippen LogP contribution in [0.15, 0.2) is 0 Å². The standard InChI is InChI=1S/C8H17NO2S/c1-8(2,3)12-6-7(11)9-4-5-10/h10H,4-6H2,1-3H3,(H,9,11). The minimum Gasteiger partial charge on any atom is -0.395 e. The Morgan fingerprint density at radius 2 is 2.08 bits per heavy atom. The zero-order valence-electron chi connectivity index (χ0n) is 7.89. The number of hydrogen-bond acceptors (Lipinski definition) is 3. The van der Waals surface area contributed by atoms with Crippen LogP contribution in [0.2, 0.25) is 0 Å². The van der Waals surface area contributed by atoms with Gasteiger partial charge in [0.25, 0.3) is 0 Å². The molecule has 0 aliphatic carbocycles. The normalized spacial score (nSPS) is 11.3. The smallest absolute Gasteiger partial charge is 0.230 e. The first-order chi connectivity index (χ1) is 5.45. The number of thioether (sulfide) groups is 1. The number of aliphatic hydroxyl groups excluding tert-OH is 1. The first-order valence-corrected chi connectivity index (χ1v) is 4.96. The quantitative estimate of drug-likeness (QED) is 0.685. The van der Waals surface area contributed by atoms with Crippen molar-refractivity contribution in [2.45, 2.75) is 25.5 Å². The van der Waals surface area contributed by atoms with E-state index in [0.29, 0.717) is 12.3 Å². The molecule has 0 fully saturated rings. The second-order valence-corrected chi connectivity index (χ2v) is 5.28. The first kappa shape index (κ1) is 11.8. The summed E-state index contributed by atoms with van der Waals surface area (Å²) in [5, 5.41) is 11.0. The largest absolute Gasteiger partial charge is 0.395 e. The fraction of sp³-hybridized carbons (Fsp3) is 0.875. The van der Waals surface area contributed by atoms with Crippen LogP contribution in [0.25, 0.3) is 0 Å². The van der Waals surface area contributed by atoms with Crippen molar-refractivity contribution in [2.24, 2.45) is 0 Å². The minimum absolute atomic E-state index is 0.00588. The average molecular weight is 191 g/mol. The van der Waals surface area contributed by atoms with Gasteiger partial charge in [0.05, 0.1) is 12.4 Å². The third-order valence-electron chi connectivity index (χ3n) is 1.07. The maximum absolute atomic E-state index is 11.0. The van der Waals surface area contributed by atoms with Crippen molar-refractivity contribution in [3.05, 3.63) is 0 Å². The van der Waals surface area contributed by atoms with Crippen LogP contribution >= 0.6 is 11.8 Å². The maximum Gasteiger partial charge on any atom is 0.230 e. The highest BCUT2D eigenvalue weighted by molar-refractivity contribution is 8.01. The number of hydrogen-bond donors (Lipinski definition) is 2. The Morgan fingerprint density at radius 3 is 2.50 bits per heavy atom. The summed E-state index contributed by atoms with van der Waals surface area (Å²) in [5.41, 5.74) is 0. The fourth-order valence-corrected chi connectivity index (χ4v) is 1.19. The topological polar surface area (TPSA) is 49.3 Å². The highest BCUT2D eigenvalue weighted by Crippen LogP contribution is 2.22. The van der Waals surface area contributed by atoms with Crippen LogP contribution in [-0.4, -0.2) is 34.7 Å². The van der Waals surface area contributed by atoms with Gasteiger partial charge in [-0.05, 0) is 0 Å². The molecule has 0 aromatic rings. The summed E-state index contributed by atoms with van der Waals surface area (Å²) < 4.78 is 0.122. The third-order valence-corrected chi connectivity index (χ3v) is 2.34. The summed E-state index contributed by atoms with van der Waals surface area (Å²) in [5.74, 6) is 0.452. The summed E-state index contributed by atoms with van der Waals surface area (Å²) in [6, 6.07) is 0. The van der Waals surface area contributed by atoms with E-state index in [1.165, 1.54) is 0 Å². The monoisotopic (exact) mass is 191 g/mol. The summed E-state index contributed by atoms with van der Waals surface area (Å²) in [4.78, 5) is 11.0. The molecular formula is C8H17NO2S. The van der Waals surface area contributed by atoms with Gasteiger partial charge in [-0.2, -0.15) is 0 Å². The molecule has 12 heavy (non-hydrogen) atoms. The number of nitrogens with one attached hydrogen (secondary N) is 1. The van der Waals surface area contributed by atoms with Crippen LogP contribution < -0.4 is 5.32 Å². The highest BCUT2D eigenvalue weighted by atomic mass is 32.2. The van der Waals surface area contributed by atoms with Gasteiger partial charge in [-0.3, -0.25) is 4.79 Å². The molecule has 0 aliphatic heterocycles. The van der Waals surface area contributed by atoms with Crippen molar-refractivity contribution >= 4 is 17.7 Å². The molecule has 0 saturated carbocycles. The average Bonchev–Trinajstić information content (AvgIpc) is 1.95. The molecule has 0 aromatic heterocycles. The van der Waals surface area contributed by atoms with Crippen LogP contribution in [0.3, 0.4) is 0 Å². The molecule has 0 bridgehead atoms. The van der Waals surface area contributed by atoms with Crippen molar-refractivity contribution in [1.82, 2.24) is 5.32 Å². The molecule has 0 saturated heterocycles. The Labute approximate surface area is 77.9 Å². The molecule has 72 valence electrons. The van der Waals surface area contributed by atoms with Crippen LogP contribution in [-0.2, 0) is 4.79 Å². The van der Waals surface area contributed by atoms with E-state index in [9.17, 15) is 4.79 Å². The number of carbonyl (C=O) groups excluding carboxylic acids is 1. The molecule has 0 rings (SSSR count). The lowest BCUT2D eigenvalue weighted by Crippen LogP contribution is -2.29. The SMILES string of the molecule is CC(C)(C)SCC(=O)NCCO. The second kappa shape index (κ2) is 5.43. The zero-order chi connectivity index (χ0) is 9.61. The van der Waals surface area contributed by atoms with Crippen LogP contribution in [0.4, 0.5) is 0 Å². The molecule has 3 nitrogen and oxygen atoms in total. The Kier molecular flexibility index (Phi) is 5.33. The van der Waals surface area contributed by atoms with E-state index in [0.717, 1.165) is 0 Å². The molecule has 0 aliphatic rings. The number of aliphatic hydroxyl groups is 1. The molecule has 4 heteroatoms. The summed E-state index contributed by atoms with van der Waals surface area (Å²) in [7, 11) is 0. The van der Waals surface area contributed by atoms with Crippen LogP contribution in [0.1, 0.15) is 20.8 Å². The van der Waals surface area contributed by atoms with Crippen molar-refractivity contribution in [1.29, 1.82) is 0 Å². The van der Waals surface area contributed by atoms with Gasteiger partial charge in [0, 0.05) is 11.3 Å². The third kappa shape index (κ3) is 7.88. The number of rotatable bonds is 4.